The van der Waals surface area contributed by atoms with Crippen molar-refractivity contribution < 1.29 is 9.90 Å². The maximum absolute atomic E-state index is 14.2. The Bertz CT molecular complexity index is 1330. The van der Waals surface area contributed by atoms with E-state index in [1.54, 1.807) is 6.33 Å². The maximum atomic E-state index is 14.2. The van der Waals surface area contributed by atoms with Crippen LogP contribution in [0.25, 0.3) is 10.8 Å². The van der Waals surface area contributed by atoms with Gasteiger partial charge in [-0.05, 0) is 55.4 Å². The number of hydrogen-bond acceptors (Lipinski definition) is 6. The number of aliphatic hydroxyl groups excluding tert-OH is 1. The first-order valence-electron chi connectivity index (χ1n) is 13.6. The van der Waals surface area contributed by atoms with Gasteiger partial charge < -0.3 is 20.2 Å². The molecule has 3 aliphatic rings. The van der Waals surface area contributed by atoms with Crippen LogP contribution in [0.4, 0.5) is 5.82 Å². The lowest BCUT2D eigenvalue weighted by Gasteiger charge is -2.39. The van der Waals surface area contributed by atoms with Crippen molar-refractivity contribution in [2.45, 2.75) is 69.6 Å². The molecule has 1 aromatic heterocycles. The summed E-state index contributed by atoms with van der Waals surface area (Å²) in [7, 11) is 0. The van der Waals surface area contributed by atoms with Crippen molar-refractivity contribution in [2.75, 3.05) is 31.1 Å². The number of halogens is 2. The van der Waals surface area contributed by atoms with Crippen LogP contribution in [0.15, 0.2) is 48.8 Å². The van der Waals surface area contributed by atoms with Crippen molar-refractivity contribution in [1.29, 1.82) is 0 Å². The van der Waals surface area contributed by atoms with E-state index in [4.69, 9.17) is 0 Å². The van der Waals surface area contributed by atoms with Crippen LogP contribution in [0, 0.1) is 0 Å². The summed E-state index contributed by atoms with van der Waals surface area (Å²) in [6.07, 6.45) is 3.80. The molecule has 3 aromatic rings. The minimum atomic E-state index is -0.513. The van der Waals surface area contributed by atoms with Crippen LogP contribution in [-0.4, -0.2) is 63.6 Å². The minimum Gasteiger partial charge on any atom is -0.387 e. The Balaban J connectivity index is 0.00000176. The number of anilines is 1. The summed E-state index contributed by atoms with van der Waals surface area (Å²) >= 11 is 0. The lowest BCUT2D eigenvalue weighted by molar-refractivity contribution is -0.133. The SMILES string of the molecule is C[C@@H]1C[C@@H](O)c2ncnc(N3CCN(C(=O)C(c4ccc5ccccc5c4)C4CCC(C)(C)N4)CC3)c21.Cl.Cl. The number of aliphatic hydroxyl groups is 1. The van der Waals surface area contributed by atoms with Crippen molar-refractivity contribution in [3.05, 3.63) is 65.6 Å². The van der Waals surface area contributed by atoms with E-state index in [1.807, 2.05) is 4.90 Å². The highest BCUT2D eigenvalue weighted by molar-refractivity contribution is 5.89. The molecule has 9 heteroatoms. The molecular formula is C30H39Cl2N5O2. The summed E-state index contributed by atoms with van der Waals surface area (Å²) in [6.45, 7) is 9.37. The Morgan fingerprint density at radius 1 is 1.05 bits per heavy atom. The number of benzene rings is 2. The maximum Gasteiger partial charge on any atom is 0.231 e. The zero-order valence-corrected chi connectivity index (χ0v) is 24.5. The molecule has 2 aliphatic heterocycles. The zero-order valence-electron chi connectivity index (χ0n) is 22.8. The molecule has 2 aromatic carbocycles. The van der Waals surface area contributed by atoms with Gasteiger partial charge in [0.25, 0.3) is 0 Å². The summed E-state index contributed by atoms with van der Waals surface area (Å²) in [5, 5.41) is 16.5. The smallest absolute Gasteiger partial charge is 0.231 e. The van der Waals surface area contributed by atoms with E-state index in [-0.39, 0.29) is 54.1 Å². The lowest BCUT2D eigenvalue weighted by Crippen LogP contribution is -2.53. The van der Waals surface area contributed by atoms with Gasteiger partial charge in [0.1, 0.15) is 12.1 Å². The first kappa shape index (κ1) is 29.5. The molecule has 1 amide bonds. The number of piperazine rings is 1. The fraction of sp³-hybridized carbons (Fsp3) is 0.500. The van der Waals surface area contributed by atoms with Crippen molar-refractivity contribution in [2.24, 2.45) is 0 Å². The molecular weight excluding hydrogens is 533 g/mol. The summed E-state index contributed by atoms with van der Waals surface area (Å²) < 4.78 is 0. The Morgan fingerprint density at radius 3 is 2.46 bits per heavy atom. The van der Waals surface area contributed by atoms with Gasteiger partial charge in [-0.3, -0.25) is 4.79 Å². The quantitative estimate of drug-likeness (QED) is 0.459. The summed E-state index contributed by atoms with van der Waals surface area (Å²) in [5.74, 6) is 1.15. The summed E-state index contributed by atoms with van der Waals surface area (Å²) in [5.41, 5.74) is 2.97. The largest absolute Gasteiger partial charge is 0.387 e. The van der Waals surface area contributed by atoms with Crippen molar-refractivity contribution >= 4 is 47.3 Å². The van der Waals surface area contributed by atoms with Gasteiger partial charge >= 0.3 is 0 Å². The van der Waals surface area contributed by atoms with E-state index in [0.717, 1.165) is 48.6 Å². The van der Waals surface area contributed by atoms with Crippen LogP contribution in [0.1, 0.15) is 74.8 Å². The van der Waals surface area contributed by atoms with Gasteiger partial charge in [0, 0.05) is 43.3 Å². The Morgan fingerprint density at radius 2 is 1.77 bits per heavy atom. The minimum absolute atomic E-state index is 0. The van der Waals surface area contributed by atoms with E-state index in [0.29, 0.717) is 19.5 Å². The molecule has 4 atom stereocenters. The van der Waals surface area contributed by atoms with Gasteiger partial charge in [-0.25, -0.2) is 9.97 Å². The molecule has 0 radical (unpaired) electrons. The third-order valence-corrected chi connectivity index (χ3v) is 8.63. The molecule has 2 fully saturated rings. The van der Waals surface area contributed by atoms with Gasteiger partial charge in [0.05, 0.1) is 17.7 Å². The van der Waals surface area contributed by atoms with Crippen LogP contribution in [0.5, 0.6) is 0 Å². The highest BCUT2D eigenvalue weighted by Gasteiger charge is 2.41. The summed E-state index contributed by atoms with van der Waals surface area (Å²) in [6, 6.07) is 15.0. The van der Waals surface area contributed by atoms with Crippen molar-refractivity contribution in [1.82, 2.24) is 20.2 Å². The van der Waals surface area contributed by atoms with E-state index >= 15 is 0 Å². The monoisotopic (exact) mass is 571 g/mol. The molecule has 2 unspecified atom stereocenters. The highest BCUT2D eigenvalue weighted by Crippen LogP contribution is 2.43. The summed E-state index contributed by atoms with van der Waals surface area (Å²) in [4.78, 5) is 27.5. The molecule has 7 nitrogen and oxygen atoms in total. The van der Waals surface area contributed by atoms with Crippen LogP contribution in [0.2, 0.25) is 0 Å². The molecule has 39 heavy (non-hydrogen) atoms. The van der Waals surface area contributed by atoms with Crippen molar-refractivity contribution in [3.8, 4) is 0 Å². The van der Waals surface area contributed by atoms with Gasteiger partial charge in [-0.1, -0.05) is 49.4 Å². The topological polar surface area (TPSA) is 81.6 Å². The molecule has 210 valence electrons. The normalized spacial score (nSPS) is 24.6. The molecule has 3 heterocycles. The standard InChI is InChI=1S/C30H37N5O2.2ClH/c1-19-16-24(36)27-25(19)28(32-18-31-27)34-12-14-35(15-13-34)29(37)26(23-10-11-30(2,3)33-23)22-9-8-20-6-4-5-7-21(20)17-22;;/h4-9,17-19,23-24,26,33,36H,10-16H2,1-3H3;2*1H/t19-,23?,24-,26?;;/m1../s1. The third kappa shape index (κ3) is 5.60. The van der Waals surface area contributed by atoms with Crippen LogP contribution < -0.4 is 10.2 Å². The Hall–Kier alpha value is -2.45. The second-order valence-corrected chi connectivity index (χ2v) is 11.7. The van der Waals surface area contributed by atoms with E-state index in [2.05, 4.69) is 83.4 Å². The lowest BCUT2D eigenvalue weighted by atomic mass is 9.87. The number of amides is 1. The molecule has 2 N–H and O–H groups in total. The Kier molecular flexibility index (Phi) is 8.76. The Labute approximate surface area is 243 Å². The van der Waals surface area contributed by atoms with Crippen LogP contribution >= 0.6 is 24.8 Å². The van der Waals surface area contributed by atoms with E-state index in [9.17, 15) is 9.90 Å². The zero-order chi connectivity index (χ0) is 25.7. The predicted octanol–water partition coefficient (Wildman–Crippen LogP) is 4.98. The fourth-order valence-corrected chi connectivity index (χ4v) is 6.65. The molecule has 0 bridgehead atoms. The van der Waals surface area contributed by atoms with Gasteiger partial charge in [0.15, 0.2) is 0 Å². The third-order valence-electron chi connectivity index (χ3n) is 8.63. The van der Waals surface area contributed by atoms with Crippen LogP contribution in [0.3, 0.4) is 0 Å². The average molecular weight is 573 g/mol. The molecule has 0 saturated carbocycles. The second kappa shape index (κ2) is 11.6. The second-order valence-electron chi connectivity index (χ2n) is 11.7. The highest BCUT2D eigenvalue weighted by atomic mass is 35.5. The number of nitrogens with zero attached hydrogens (tertiary/aromatic N) is 4. The number of carbonyl (C=O) groups is 1. The van der Waals surface area contributed by atoms with E-state index < -0.39 is 6.10 Å². The van der Waals surface area contributed by atoms with Crippen LogP contribution in [-0.2, 0) is 4.79 Å². The fourth-order valence-electron chi connectivity index (χ4n) is 6.65. The first-order valence-corrected chi connectivity index (χ1v) is 13.6. The van der Waals surface area contributed by atoms with Crippen molar-refractivity contribution in [3.63, 3.8) is 0 Å². The molecule has 6 rings (SSSR count). The van der Waals surface area contributed by atoms with E-state index in [1.165, 1.54) is 10.8 Å². The number of carbonyl (C=O) groups excluding carboxylic acids is 1. The number of rotatable bonds is 4. The average Bonchev–Trinajstić information content (AvgIpc) is 3.41. The molecule has 0 spiro atoms. The number of aromatic nitrogens is 2. The van der Waals surface area contributed by atoms with Gasteiger partial charge in [0.2, 0.25) is 5.91 Å². The predicted molar refractivity (Wildman–Crippen MR) is 160 cm³/mol. The number of hydrogen-bond donors (Lipinski definition) is 2. The van der Waals surface area contributed by atoms with Gasteiger partial charge in [-0.2, -0.15) is 0 Å². The number of nitrogens with one attached hydrogen (secondary N) is 1. The number of fused-ring (bicyclic) bond motifs is 2. The first-order chi connectivity index (χ1) is 17.8. The van der Waals surface area contributed by atoms with Gasteiger partial charge in [-0.15, -0.1) is 24.8 Å². The molecule has 1 aliphatic carbocycles. The molecule has 2 saturated heterocycles.